The molecule has 0 spiro atoms. The van der Waals surface area contributed by atoms with E-state index in [4.69, 9.17) is 11.6 Å². The maximum absolute atomic E-state index is 13.9. The Balaban J connectivity index is 1.86. The number of carbonyl (C=O) groups excluding carboxylic acids is 1. The van der Waals surface area contributed by atoms with E-state index in [1.54, 1.807) is 0 Å². The first kappa shape index (κ1) is 18.9. The van der Waals surface area contributed by atoms with Gasteiger partial charge in [-0.2, -0.15) is 0 Å². The maximum Gasteiger partial charge on any atom is 0.256 e. The van der Waals surface area contributed by atoms with E-state index < -0.39 is 11.7 Å². The number of amides is 1. The van der Waals surface area contributed by atoms with Gasteiger partial charge in [0.05, 0.1) is 17.1 Å². The van der Waals surface area contributed by atoms with Crippen LogP contribution in [0.4, 0.5) is 4.39 Å². The minimum absolute atomic E-state index is 0.0571. The Hall–Kier alpha value is -1.90. The molecule has 1 N–H and O–H groups in total. The van der Waals surface area contributed by atoms with E-state index in [2.05, 4.69) is 31.4 Å². The number of carbonyl (C=O) groups is 1. The SMILES string of the molecule is CSc1nnc(CNC(=O)c2c(F)cccc2Cl)n1-c1ccc(Br)cc1. The molecular formula is C17H13BrClFN4OS. The summed E-state index contributed by atoms with van der Waals surface area (Å²) in [5, 5.41) is 11.7. The molecule has 0 unspecified atom stereocenters. The highest BCUT2D eigenvalue weighted by Crippen LogP contribution is 2.22. The van der Waals surface area contributed by atoms with E-state index in [0.717, 1.165) is 10.2 Å². The summed E-state index contributed by atoms with van der Waals surface area (Å²) >= 11 is 10.8. The first-order valence-corrected chi connectivity index (χ1v) is 9.87. The third kappa shape index (κ3) is 3.92. The van der Waals surface area contributed by atoms with Crippen LogP contribution >= 0.6 is 39.3 Å². The summed E-state index contributed by atoms with van der Waals surface area (Å²) in [4.78, 5) is 12.3. The molecule has 1 aromatic heterocycles. The lowest BCUT2D eigenvalue weighted by Gasteiger charge is -2.11. The van der Waals surface area contributed by atoms with Crippen LogP contribution in [0.1, 0.15) is 16.2 Å². The van der Waals surface area contributed by atoms with Crippen molar-refractivity contribution in [1.29, 1.82) is 0 Å². The van der Waals surface area contributed by atoms with Gasteiger partial charge >= 0.3 is 0 Å². The molecule has 0 saturated carbocycles. The van der Waals surface area contributed by atoms with Crippen LogP contribution in [-0.4, -0.2) is 26.9 Å². The van der Waals surface area contributed by atoms with Crippen LogP contribution in [0, 0.1) is 5.82 Å². The summed E-state index contributed by atoms with van der Waals surface area (Å²) in [7, 11) is 0. The molecule has 1 amide bonds. The molecule has 3 aromatic rings. The second-order valence-electron chi connectivity index (χ2n) is 5.19. The maximum atomic E-state index is 13.9. The molecular weight excluding hydrogens is 443 g/mol. The van der Waals surface area contributed by atoms with Crippen LogP contribution in [0.25, 0.3) is 5.69 Å². The van der Waals surface area contributed by atoms with Gasteiger partial charge in [-0.15, -0.1) is 10.2 Å². The molecule has 0 aliphatic heterocycles. The molecule has 0 bridgehead atoms. The highest BCUT2D eigenvalue weighted by molar-refractivity contribution is 9.10. The van der Waals surface area contributed by atoms with Crippen LogP contribution in [0.2, 0.25) is 5.02 Å². The molecule has 3 rings (SSSR count). The molecule has 9 heteroatoms. The van der Waals surface area contributed by atoms with Crippen molar-refractivity contribution in [2.75, 3.05) is 6.26 Å². The van der Waals surface area contributed by atoms with Gasteiger partial charge in [0.25, 0.3) is 5.91 Å². The van der Waals surface area contributed by atoms with Crippen molar-refractivity contribution in [2.24, 2.45) is 0 Å². The zero-order chi connectivity index (χ0) is 18.7. The average molecular weight is 456 g/mol. The molecule has 0 radical (unpaired) electrons. The van der Waals surface area contributed by atoms with Crippen LogP contribution in [0.5, 0.6) is 0 Å². The molecule has 0 atom stereocenters. The number of nitrogens with one attached hydrogen (secondary N) is 1. The van der Waals surface area contributed by atoms with Gasteiger partial charge in [-0.3, -0.25) is 9.36 Å². The van der Waals surface area contributed by atoms with Gasteiger partial charge in [0.2, 0.25) is 0 Å². The van der Waals surface area contributed by atoms with E-state index in [1.165, 1.54) is 30.0 Å². The largest absolute Gasteiger partial charge is 0.345 e. The van der Waals surface area contributed by atoms with Crippen LogP contribution in [0.3, 0.4) is 0 Å². The normalized spacial score (nSPS) is 10.8. The van der Waals surface area contributed by atoms with Crippen molar-refractivity contribution in [2.45, 2.75) is 11.7 Å². The molecule has 0 aliphatic carbocycles. The quantitative estimate of drug-likeness (QED) is 0.577. The Bertz CT molecular complexity index is 928. The Labute approximate surface area is 167 Å². The average Bonchev–Trinajstić information content (AvgIpc) is 3.03. The van der Waals surface area contributed by atoms with Gasteiger partial charge < -0.3 is 5.32 Å². The smallest absolute Gasteiger partial charge is 0.256 e. The van der Waals surface area contributed by atoms with Crippen molar-refractivity contribution >= 4 is 45.2 Å². The summed E-state index contributed by atoms with van der Waals surface area (Å²) in [6.07, 6.45) is 1.89. The lowest BCUT2D eigenvalue weighted by molar-refractivity contribution is 0.0946. The number of hydrogen-bond donors (Lipinski definition) is 1. The lowest BCUT2D eigenvalue weighted by Crippen LogP contribution is -2.26. The Kier molecular flexibility index (Phi) is 5.95. The fourth-order valence-electron chi connectivity index (χ4n) is 2.36. The molecule has 0 aliphatic rings. The molecule has 2 aromatic carbocycles. The van der Waals surface area contributed by atoms with Gasteiger partial charge in [-0.1, -0.05) is 45.4 Å². The number of halogens is 3. The summed E-state index contributed by atoms with van der Waals surface area (Å²) < 4.78 is 16.7. The second kappa shape index (κ2) is 8.20. The topological polar surface area (TPSA) is 59.8 Å². The summed E-state index contributed by atoms with van der Waals surface area (Å²) in [5.74, 6) is -0.754. The predicted octanol–water partition coefficient (Wildman–Crippen LogP) is 4.47. The van der Waals surface area contributed by atoms with E-state index in [-0.39, 0.29) is 17.1 Å². The predicted molar refractivity (Wildman–Crippen MR) is 103 cm³/mol. The zero-order valence-electron chi connectivity index (χ0n) is 13.5. The number of thioether (sulfide) groups is 1. The number of nitrogens with zero attached hydrogens (tertiary/aromatic N) is 3. The third-order valence-electron chi connectivity index (χ3n) is 3.56. The fraction of sp³-hybridized carbons (Fsp3) is 0.118. The van der Waals surface area contributed by atoms with Crippen molar-refractivity contribution in [3.05, 3.63) is 69.2 Å². The Morgan fingerprint density at radius 2 is 2.00 bits per heavy atom. The monoisotopic (exact) mass is 454 g/mol. The minimum Gasteiger partial charge on any atom is -0.345 e. The van der Waals surface area contributed by atoms with Gasteiger partial charge in [0.1, 0.15) is 5.82 Å². The zero-order valence-corrected chi connectivity index (χ0v) is 16.7. The molecule has 26 heavy (non-hydrogen) atoms. The number of aromatic nitrogens is 3. The Morgan fingerprint density at radius 1 is 1.27 bits per heavy atom. The van der Waals surface area contributed by atoms with Crippen molar-refractivity contribution in [3.8, 4) is 5.69 Å². The molecule has 0 fully saturated rings. The standard InChI is InChI=1S/C17H13BrClFN4OS/c1-26-17-23-22-14(24(17)11-7-5-10(18)6-8-11)9-21-16(25)15-12(19)3-2-4-13(15)20/h2-8H,9H2,1H3,(H,21,25). The van der Waals surface area contributed by atoms with Crippen LogP contribution < -0.4 is 5.32 Å². The molecule has 0 saturated heterocycles. The molecule has 5 nitrogen and oxygen atoms in total. The molecule has 1 heterocycles. The van der Waals surface area contributed by atoms with Crippen LogP contribution in [-0.2, 0) is 6.54 Å². The van der Waals surface area contributed by atoms with E-state index in [9.17, 15) is 9.18 Å². The highest BCUT2D eigenvalue weighted by Gasteiger charge is 2.18. The minimum atomic E-state index is -0.672. The number of benzene rings is 2. The van der Waals surface area contributed by atoms with Gasteiger partial charge in [0, 0.05) is 10.2 Å². The number of rotatable bonds is 5. The van der Waals surface area contributed by atoms with Crippen molar-refractivity contribution < 1.29 is 9.18 Å². The van der Waals surface area contributed by atoms with E-state index in [1.807, 2.05) is 35.1 Å². The summed E-state index contributed by atoms with van der Waals surface area (Å²) in [5.41, 5.74) is 0.671. The highest BCUT2D eigenvalue weighted by atomic mass is 79.9. The van der Waals surface area contributed by atoms with Crippen molar-refractivity contribution in [3.63, 3.8) is 0 Å². The number of hydrogen-bond acceptors (Lipinski definition) is 4. The third-order valence-corrected chi connectivity index (χ3v) is 5.04. The van der Waals surface area contributed by atoms with Crippen LogP contribution in [0.15, 0.2) is 52.1 Å². The van der Waals surface area contributed by atoms with E-state index >= 15 is 0 Å². The van der Waals surface area contributed by atoms with Gasteiger partial charge in [0.15, 0.2) is 11.0 Å². The second-order valence-corrected chi connectivity index (χ2v) is 7.29. The Morgan fingerprint density at radius 3 is 2.65 bits per heavy atom. The first-order chi connectivity index (χ1) is 12.5. The van der Waals surface area contributed by atoms with Crippen molar-refractivity contribution in [1.82, 2.24) is 20.1 Å². The summed E-state index contributed by atoms with van der Waals surface area (Å²) in [6.45, 7) is 0.0765. The van der Waals surface area contributed by atoms with E-state index in [0.29, 0.717) is 11.0 Å². The van der Waals surface area contributed by atoms with Gasteiger partial charge in [-0.05, 0) is 42.7 Å². The summed E-state index contributed by atoms with van der Waals surface area (Å²) in [6, 6.07) is 11.7. The first-order valence-electron chi connectivity index (χ1n) is 7.47. The molecule has 134 valence electrons. The lowest BCUT2D eigenvalue weighted by atomic mass is 10.2. The van der Waals surface area contributed by atoms with Gasteiger partial charge in [-0.25, -0.2) is 4.39 Å². The fourth-order valence-corrected chi connectivity index (χ4v) is 3.39.